The summed E-state index contributed by atoms with van der Waals surface area (Å²) in [5.41, 5.74) is 0.604. The maximum atomic E-state index is 13.1. The van der Waals surface area contributed by atoms with Crippen molar-refractivity contribution < 1.29 is 12.8 Å². The highest BCUT2D eigenvalue weighted by molar-refractivity contribution is 7.92. The Hall–Kier alpha value is -2.11. The molecule has 0 fully saturated rings. The molecule has 0 saturated heterocycles. The number of nitrogens with zero attached hydrogens (tertiary/aromatic N) is 3. The predicted molar refractivity (Wildman–Crippen MR) is 79.4 cm³/mol. The summed E-state index contributed by atoms with van der Waals surface area (Å²) in [7, 11) is -3.93. The zero-order valence-electron chi connectivity index (χ0n) is 11.5. The molecule has 1 aromatic carbocycles. The summed E-state index contributed by atoms with van der Waals surface area (Å²) >= 11 is 5.61. The van der Waals surface area contributed by atoms with Crippen LogP contribution in [0.5, 0.6) is 0 Å². The number of nitrogens with one attached hydrogen (secondary N) is 1. The average molecular weight is 343 g/mol. The first-order valence-electron chi connectivity index (χ1n) is 6.23. The van der Waals surface area contributed by atoms with Crippen LogP contribution in [-0.4, -0.2) is 18.2 Å². The largest absolute Gasteiger partial charge is 0.264 e. The molecule has 0 radical (unpaired) electrons. The molecule has 0 unspecified atom stereocenters. The lowest BCUT2D eigenvalue weighted by molar-refractivity contribution is 0.596. The van der Waals surface area contributed by atoms with Gasteiger partial charge in [0.25, 0.3) is 10.0 Å². The van der Waals surface area contributed by atoms with Gasteiger partial charge in [-0.25, -0.2) is 17.5 Å². The number of benzene rings is 1. The van der Waals surface area contributed by atoms with Gasteiger partial charge in [0.1, 0.15) is 11.6 Å². The molecule has 1 heterocycles. The van der Waals surface area contributed by atoms with Crippen LogP contribution in [0.15, 0.2) is 29.2 Å². The summed E-state index contributed by atoms with van der Waals surface area (Å²) in [6, 6.07) is 6.63. The highest BCUT2D eigenvalue weighted by atomic mass is 35.5. The first kappa shape index (κ1) is 16.3. The molecule has 0 aliphatic heterocycles. The van der Waals surface area contributed by atoms with E-state index in [4.69, 9.17) is 16.9 Å². The minimum absolute atomic E-state index is 0.162. The lowest BCUT2D eigenvalue weighted by Gasteiger charge is -2.10. The molecule has 0 bridgehead atoms. The summed E-state index contributed by atoms with van der Waals surface area (Å²) < 4.78 is 41.5. The third-order valence-electron chi connectivity index (χ3n) is 2.78. The van der Waals surface area contributed by atoms with Crippen molar-refractivity contribution in [3.8, 4) is 6.07 Å². The third-order valence-corrected chi connectivity index (χ3v) is 4.42. The summed E-state index contributed by atoms with van der Waals surface area (Å²) in [6.45, 7) is 1.96. The van der Waals surface area contributed by atoms with E-state index in [0.29, 0.717) is 5.69 Å². The molecule has 0 atom stereocenters. The number of aromatic nitrogens is 2. The van der Waals surface area contributed by atoms with E-state index in [9.17, 15) is 12.8 Å². The van der Waals surface area contributed by atoms with Gasteiger partial charge >= 0.3 is 0 Å². The number of sulfonamides is 1. The van der Waals surface area contributed by atoms with Crippen LogP contribution < -0.4 is 4.72 Å². The summed E-state index contributed by atoms with van der Waals surface area (Å²) in [5.74, 6) is -0.469. The Balaban J connectivity index is 2.32. The fraction of sp³-hybridized carbons (Fsp3) is 0.231. The second-order valence-corrected chi connectivity index (χ2v) is 6.57. The fourth-order valence-corrected chi connectivity index (χ4v) is 3.12. The second kappa shape index (κ2) is 6.34. The molecule has 2 rings (SSSR count). The summed E-state index contributed by atoms with van der Waals surface area (Å²) in [5, 5.41) is 12.4. The molecule has 22 heavy (non-hydrogen) atoms. The van der Waals surface area contributed by atoms with Gasteiger partial charge in [-0.15, -0.1) is 0 Å². The van der Waals surface area contributed by atoms with Crippen LogP contribution in [0.1, 0.15) is 12.1 Å². The molecule has 0 spiro atoms. The normalized spacial score (nSPS) is 11.2. The smallest absolute Gasteiger partial charge is 0.263 e. The minimum atomic E-state index is -3.93. The van der Waals surface area contributed by atoms with Crippen molar-refractivity contribution in [2.45, 2.75) is 24.8 Å². The van der Waals surface area contributed by atoms with Crippen molar-refractivity contribution in [1.29, 1.82) is 5.26 Å². The van der Waals surface area contributed by atoms with E-state index in [-0.39, 0.29) is 28.7 Å². The first-order chi connectivity index (χ1) is 10.3. The van der Waals surface area contributed by atoms with E-state index < -0.39 is 15.8 Å². The number of aryl methyl sites for hydroxylation is 2. The van der Waals surface area contributed by atoms with E-state index in [1.54, 1.807) is 13.0 Å². The van der Waals surface area contributed by atoms with E-state index in [1.807, 2.05) is 6.07 Å². The summed E-state index contributed by atoms with van der Waals surface area (Å²) in [6.07, 6.45) is 0.193. The van der Waals surface area contributed by atoms with Crippen LogP contribution in [-0.2, 0) is 16.6 Å². The number of anilines is 1. The highest BCUT2D eigenvalue weighted by Crippen LogP contribution is 2.22. The molecule has 0 amide bonds. The van der Waals surface area contributed by atoms with Gasteiger partial charge in [-0.05, 0) is 25.1 Å². The van der Waals surface area contributed by atoms with Crippen molar-refractivity contribution >= 4 is 27.4 Å². The maximum Gasteiger partial charge on any atom is 0.263 e. The van der Waals surface area contributed by atoms with Gasteiger partial charge < -0.3 is 0 Å². The predicted octanol–water partition coefficient (Wildman–Crippen LogP) is 2.70. The van der Waals surface area contributed by atoms with E-state index in [0.717, 1.165) is 18.2 Å². The van der Waals surface area contributed by atoms with Crippen molar-refractivity contribution in [1.82, 2.24) is 9.78 Å². The molecule has 6 nitrogen and oxygen atoms in total. The van der Waals surface area contributed by atoms with Crippen LogP contribution in [0.2, 0.25) is 5.02 Å². The standard InChI is InChI=1S/C13H12ClFN4O2S/c1-9-7-13(19(17-9)6-2-5-16)18-22(20,21)10-3-4-12(15)11(14)8-10/h3-4,7-8,18H,2,6H2,1H3. The van der Waals surface area contributed by atoms with Crippen LogP contribution >= 0.6 is 11.6 Å². The zero-order chi connectivity index (χ0) is 16.3. The number of halogens is 2. The third kappa shape index (κ3) is 3.55. The quantitative estimate of drug-likeness (QED) is 0.904. The Labute approximate surface area is 132 Å². The number of hydrogen-bond acceptors (Lipinski definition) is 4. The zero-order valence-corrected chi connectivity index (χ0v) is 13.1. The Bertz CT molecular complexity index is 842. The highest BCUT2D eigenvalue weighted by Gasteiger charge is 2.18. The van der Waals surface area contributed by atoms with Gasteiger partial charge in [-0.3, -0.25) is 4.72 Å². The SMILES string of the molecule is Cc1cc(NS(=O)(=O)c2ccc(F)c(Cl)c2)n(CCC#N)n1. The van der Waals surface area contributed by atoms with Gasteiger partial charge in [0, 0.05) is 6.07 Å². The molecule has 1 aromatic heterocycles. The Morgan fingerprint density at radius 2 is 2.18 bits per heavy atom. The lowest BCUT2D eigenvalue weighted by atomic mass is 10.3. The van der Waals surface area contributed by atoms with Gasteiger partial charge in [0.2, 0.25) is 0 Å². The maximum absolute atomic E-state index is 13.1. The van der Waals surface area contributed by atoms with Crippen molar-refractivity contribution in [3.05, 3.63) is 40.8 Å². The van der Waals surface area contributed by atoms with E-state index in [1.165, 1.54) is 4.68 Å². The number of rotatable bonds is 5. The Morgan fingerprint density at radius 3 is 2.82 bits per heavy atom. The van der Waals surface area contributed by atoms with Crippen LogP contribution in [0, 0.1) is 24.1 Å². The molecule has 116 valence electrons. The number of hydrogen-bond donors (Lipinski definition) is 1. The topological polar surface area (TPSA) is 87.8 Å². The summed E-state index contributed by atoms with van der Waals surface area (Å²) in [4.78, 5) is -0.162. The van der Waals surface area contributed by atoms with Crippen molar-refractivity contribution in [3.63, 3.8) is 0 Å². The van der Waals surface area contributed by atoms with E-state index in [2.05, 4.69) is 9.82 Å². The van der Waals surface area contributed by atoms with Crippen molar-refractivity contribution in [2.24, 2.45) is 0 Å². The molecular weight excluding hydrogens is 331 g/mol. The van der Waals surface area contributed by atoms with Gasteiger partial charge in [0.15, 0.2) is 0 Å². The Morgan fingerprint density at radius 1 is 1.45 bits per heavy atom. The molecule has 0 saturated carbocycles. The molecular formula is C13H12ClFN4O2S. The molecule has 0 aliphatic carbocycles. The molecule has 2 aromatic rings. The van der Waals surface area contributed by atoms with Gasteiger partial charge in [0.05, 0.1) is 34.6 Å². The van der Waals surface area contributed by atoms with Crippen molar-refractivity contribution in [2.75, 3.05) is 4.72 Å². The first-order valence-corrected chi connectivity index (χ1v) is 8.09. The molecule has 0 aliphatic rings. The molecule has 1 N–H and O–H groups in total. The van der Waals surface area contributed by atoms with Gasteiger partial charge in [-0.2, -0.15) is 10.4 Å². The molecule has 9 heteroatoms. The monoisotopic (exact) mass is 342 g/mol. The average Bonchev–Trinajstić information content (AvgIpc) is 2.78. The van der Waals surface area contributed by atoms with Crippen LogP contribution in [0.3, 0.4) is 0 Å². The van der Waals surface area contributed by atoms with E-state index >= 15 is 0 Å². The van der Waals surface area contributed by atoms with Crippen LogP contribution in [0.25, 0.3) is 0 Å². The van der Waals surface area contributed by atoms with Gasteiger partial charge in [-0.1, -0.05) is 11.6 Å². The Kier molecular flexibility index (Phi) is 4.68. The fourth-order valence-electron chi connectivity index (χ4n) is 1.79. The minimum Gasteiger partial charge on any atom is -0.264 e. The second-order valence-electron chi connectivity index (χ2n) is 4.48. The lowest BCUT2D eigenvalue weighted by Crippen LogP contribution is -2.16. The van der Waals surface area contributed by atoms with Crippen LogP contribution in [0.4, 0.5) is 10.2 Å². The number of nitriles is 1.